The predicted molar refractivity (Wildman–Crippen MR) is 89.9 cm³/mol. The molecule has 1 aliphatic heterocycles. The minimum Gasteiger partial charge on any atom is -0.309 e. The zero-order valence-electron chi connectivity index (χ0n) is 13.4. The first-order chi connectivity index (χ1) is 10.4. The van der Waals surface area contributed by atoms with Crippen LogP contribution < -0.4 is 4.90 Å². The fourth-order valence-electron chi connectivity index (χ4n) is 3.16. The van der Waals surface area contributed by atoms with Crippen molar-refractivity contribution in [1.29, 1.82) is 0 Å². The molecular weight excluding hydrogens is 298 g/mol. The fourth-order valence-corrected chi connectivity index (χ4v) is 3.82. The Hall–Kier alpha value is -1.36. The van der Waals surface area contributed by atoms with Crippen molar-refractivity contribution in [1.82, 2.24) is 0 Å². The molecule has 4 nitrogen and oxygen atoms in total. The van der Waals surface area contributed by atoms with Crippen LogP contribution in [-0.4, -0.2) is 32.4 Å². The van der Waals surface area contributed by atoms with Gasteiger partial charge in [-0.15, -0.1) is 0 Å². The molecule has 1 heterocycles. The van der Waals surface area contributed by atoms with Gasteiger partial charge in [0.05, 0.1) is 5.75 Å². The third-order valence-corrected chi connectivity index (χ3v) is 5.19. The lowest BCUT2D eigenvalue weighted by atomic mass is 9.92. The zero-order valence-corrected chi connectivity index (χ0v) is 14.2. The van der Waals surface area contributed by atoms with E-state index < -0.39 is 9.84 Å². The molecule has 0 bridgehead atoms. The Bertz CT molecular complexity index is 625. The van der Waals surface area contributed by atoms with Crippen LogP contribution in [0.3, 0.4) is 0 Å². The molecule has 0 aliphatic carbocycles. The molecule has 0 radical (unpaired) electrons. The van der Waals surface area contributed by atoms with Crippen molar-refractivity contribution in [2.75, 3.05) is 16.9 Å². The summed E-state index contributed by atoms with van der Waals surface area (Å²) in [5.74, 6) is 0.126. The molecule has 1 atom stereocenters. The topological polar surface area (TPSA) is 54.5 Å². The van der Waals surface area contributed by atoms with Crippen molar-refractivity contribution in [3.8, 4) is 0 Å². The van der Waals surface area contributed by atoms with Crippen LogP contribution in [0, 0.1) is 0 Å². The Morgan fingerprint density at radius 3 is 2.73 bits per heavy atom. The molecule has 0 saturated carbocycles. The number of para-hydroxylation sites is 1. The van der Waals surface area contributed by atoms with Crippen LogP contribution in [0.15, 0.2) is 24.3 Å². The highest BCUT2D eigenvalue weighted by Gasteiger charge is 2.29. The minimum absolute atomic E-state index is 0.0502. The molecule has 1 amide bonds. The van der Waals surface area contributed by atoms with Crippen molar-refractivity contribution in [3.63, 3.8) is 0 Å². The highest BCUT2D eigenvalue weighted by Crippen LogP contribution is 2.33. The Labute approximate surface area is 133 Å². The second-order valence-corrected chi connectivity index (χ2v) is 8.37. The molecule has 1 aromatic rings. The molecule has 122 valence electrons. The lowest BCUT2D eigenvalue weighted by Crippen LogP contribution is -2.43. The van der Waals surface area contributed by atoms with Crippen molar-refractivity contribution < 1.29 is 13.2 Å². The number of anilines is 1. The minimum atomic E-state index is -3.01. The summed E-state index contributed by atoms with van der Waals surface area (Å²) in [7, 11) is -3.01. The quantitative estimate of drug-likeness (QED) is 0.809. The molecule has 0 N–H and O–H groups in total. The summed E-state index contributed by atoms with van der Waals surface area (Å²) in [6.07, 6.45) is 5.94. The van der Waals surface area contributed by atoms with Crippen molar-refractivity contribution in [2.45, 2.75) is 51.5 Å². The summed E-state index contributed by atoms with van der Waals surface area (Å²) in [4.78, 5) is 14.6. The molecule has 1 aliphatic rings. The SMILES string of the molecule is CCCC1CCc2ccccc2N1C(=O)CCCS(C)(=O)=O. The molecule has 0 spiro atoms. The van der Waals surface area contributed by atoms with Crippen LogP contribution in [-0.2, 0) is 21.1 Å². The third kappa shape index (κ3) is 4.32. The monoisotopic (exact) mass is 323 g/mol. The van der Waals surface area contributed by atoms with Gasteiger partial charge >= 0.3 is 0 Å². The maximum atomic E-state index is 12.7. The Balaban J connectivity index is 2.14. The number of hydrogen-bond acceptors (Lipinski definition) is 3. The van der Waals surface area contributed by atoms with E-state index in [2.05, 4.69) is 13.0 Å². The van der Waals surface area contributed by atoms with E-state index in [9.17, 15) is 13.2 Å². The van der Waals surface area contributed by atoms with Crippen LogP contribution in [0.25, 0.3) is 0 Å². The molecule has 0 aromatic heterocycles. The summed E-state index contributed by atoms with van der Waals surface area (Å²) in [5.41, 5.74) is 2.22. The average Bonchev–Trinajstić information content (AvgIpc) is 2.45. The summed E-state index contributed by atoms with van der Waals surface area (Å²) in [5, 5.41) is 0. The number of aryl methyl sites for hydroxylation is 1. The molecule has 0 fully saturated rings. The van der Waals surface area contributed by atoms with Crippen molar-refractivity contribution >= 4 is 21.4 Å². The Morgan fingerprint density at radius 1 is 1.32 bits per heavy atom. The number of hydrogen-bond donors (Lipinski definition) is 0. The van der Waals surface area contributed by atoms with Gasteiger partial charge in [-0.1, -0.05) is 31.5 Å². The second-order valence-electron chi connectivity index (χ2n) is 6.11. The Kier molecular flexibility index (Phi) is 5.62. The maximum absolute atomic E-state index is 12.7. The first-order valence-corrected chi connectivity index (χ1v) is 10.1. The average molecular weight is 323 g/mol. The number of carbonyl (C=O) groups is 1. The first kappa shape index (κ1) is 17.0. The molecule has 22 heavy (non-hydrogen) atoms. The molecule has 1 aromatic carbocycles. The van der Waals surface area contributed by atoms with E-state index in [1.807, 2.05) is 23.1 Å². The van der Waals surface area contributed by atoms with E-state index in [0.29, 0.717) is 12.8 Å². The van der Waals surface area contributed by atoms with Crippen LogP contribution in [0.1, 0.15) is 44.6 Å². The number of carbonyl (C=O) groups excluding carboxylic acids is 1. The molecule has 5 heteroatoms. The summed E-state index contributed by atoms with van der Waals surface area (Å²) in [6.45, 7) is 2.13. The van der Waals surface area contributed by atoms with Gasteiger partial charge in [-0.05, 0) is 37.3 Å². The number of benzene rings is 1. The standard InChI is InChI=1S/C17H25NO3S/c1-3-7-15-12-11-14-8-4-5-9-16(14)18(15)17(19)10-6-13-22(2,20)21/h4-5,8-9,15H,3,6-7,10-13H2,1-2H3. The van der Waals surface area contributed by atoms with E-state index in [0.717, 1.165) is 31.4 Å². The highest BCUT2D eigenvalue weighted by molar-refractivity contribution is 7.90. The maximum Gasteiger partial charge on any atom is 0.227 e. The van der Waals surface area contributed by atoms with Crippen molar-refractivity contribution in [2.24, 2.45) is 0 Å². The van der Waals surface area contributed by atoms with Crippen LogP contribution in [0.5, 0.6) is 0 Å². The summed E-state index contributed by atoms with van der Waals surface area (Å²) < 4.78 is 22.5. The number of amides is 1. The van der Waals surface area contributed by atoms with E-state index in [1.165, 1.54) is 11.8 Å². The van der Waals surface area contributed by atoms with Gasteiger partial charge in [-0.25, -0.2) is 8.42 Å². The van der Waals surface area contributed by atoms with E-state index in [1.54, 1.807) is 0 Å². The van der Waals surface area contributed by atoms with Gasteiger partial charge in [0.1, 0.15) is 9.84 Å². The number of nitrogens with zero attached hydrogens (tertiary/aromatic N) is 1. The van der Waals surface area contributed by atoms with Gasteiger partial charge in [0.2, 0.25) is 5.91 Å². The number of rotatable bonds is 6. The predicted octanol–water partition coefficient (Wildman–Crippen LogP) is 2.96. The molecule has 0 saturated heterocycles. The lowest BCUT2D eigenvalue weighted by Gasteiger charge is -2.37. The van der Waals surface area contributed by atoms with Crippen LogP contribution in [0.2, 0.25) is 0 Å². The number of fused-ring (bicyclic) bond motifs is 1. The summed E-state index contributed by atoms with van der Waals surface area (Å²) in [6, 6.07) is 8.29. The Morgan fingerprint density at radius 2 is 2.05 bits per heavy atom. The van der Waals surface area contributed by atoms with E-state index >= 15 is 0 Å². The first-order valence-electron chi connectivity index (χ1n) is 8.00. The highest BCUT2D eigenvalue weighted by atomic mass is 32.2. The smallest absolute Gasteiger partial charge is 0.227 e. The second kappa shape index (κ2) is 7.27. The lowest BCUT2D eigenvalue weighted by molar-refractivity contribution is -0.119. The van der Waals surface area contributed by atoms with Gasteiger partial charge in [0.25, 0.3) is 0 Å². The van der Waals surface area contributed by atoms with Crippen LogP contribution >= 0.6 is 0 Å². The summed E-state index contributed by atoms with van der Waals surface area (Å²) >= 11 is 0. The van der Waals surface area contributed by atoms with Gasteiger partial charge in [-0.2, -0.15) is 0 Å². The largest absolute Gasteiger partial charge is 0.309 e. The van der Waals surface area contributed by atoms with Crippen molar-refractivity contribution in [3.05, 3.63) is 29.8 Å². The molecule has 1 unspecified atom stereocenters. The van der Waals surface area contributed by atoms with Gasteiger partial charge in [0, 0.05) is 24.4 Å². The third-order valence-electron chi connectivity index (χ3n) is 4.16. The molecular formula is C17H25NO3S. The van der Waals surface area contributed by atoms with Crippen LogP contribution in [0.4, 0.5) is 5.69 Å². The normalized spacial score (nSPS) is 18.1. The fraction of sp³-hybridized carbons (Fsp3) is 0.588. The molecule has 2 rings (SSSR count). The van der Waals surface area contributed by atoms with Gasteiger partial charge in [-0.3, -0.25) is 4.79 Å². The van der Waals surface area contributed by atoms with Gasteiger partial charge in [0.15, 0.2) is 0 Å². The zero-order chi connectivity index (χ0) is 16.2. The van der Waals surface area contributed by atoms with E-state index in [-0.39, 0.29) is 17.7 Å². The van der Waals surface area contributed by atoms with E-state index in [4.69, 9.17) is 0 Å². The van der Waals surface area contributed by atoms with Gasteiger partial charge < -0.3 is 4.90 Å². The number of sulfone groups is 1.